The van der Waals surface area contributed by atoms with Gasteiger partial charge in [-0.2, -0.15) is 5.10 Å². The number of halogens is 1. The van der Waals surface area contributed by atoms with Gasteiger partial charge in [0.15, 0.2) is 0 Å². The first-order valence-corrected chi connectivity index (χ1v) is 6.38. The summed E-state index contributed by atoms with van der Waals surface area (Å²) >= 11 is 5.84. The minimum Gasteiger partial charge on any atom is -0.480 e. The van der Waals surface area contributed by atoms with Crippen molar-refractivity contribution in [1.29, 1.82) is 0 Å². The highest BCUT2D eigenvalue weighted by Crippen LogP contribution is 2.12. The lowest BCUT2D eigenvalue weighted by molar-refractivity contribution is -0.139. The summed E-state index contributed by atoms with van der Waals surface area (Å²) in [6.07, 6.45) is 0.712. The number of rotatable bonds is 4. The van der Waals surface area contributed by atoms with Crippen molar-refractivity contribution >= 4 is 23.7 Å². The molecule has 0 radical (unpaired) electrons. The Morgan fingerprint density at radius 1 is 1.55 bits per heavy atom. The SMILES string of the molecule is Cc1nn(CC(NC(=O)OC(C)(C)C)C(=O)O)cc1Cl. The molecule has 20 heavy (non-hydrogen) atoms. The zero-order valence-corrected chi connectivity index (χ0v) is 12.6. The molecule has 0 bridgehead atoms. The largest absolute Gasteiger partial charge is 0.480 e. The Kier molecular flexibility index (Phi) is 4.99. The number of amides is 1. The molecule has 7 nitrogen and oxygen atoms in total. The number of aryl methyl sites for hydroxylation is 1. The first-order chi connectivity index (χ1) is 9.08. The fraction of sp³-hybridized carbons (Fsp3) is 0.583. The topological polar surface area (TPSA) is 93.5 Å². The van der Waals surface area contributed by atoms with Crippen LogP contribution in [-0.2, 0) is 16.1 Å². The average molecular weight is 304 g/mol. The molecule has 1 rings (SSSR count). The second-order valence-electron chi connectivity index (χ2n) is 5.32. The Bertz CT molecular complexity index is 488. The molecule has 0 aliphatic heterocycles. The van der Waals surface area contributed by atoms with Crippen LogP contribution in [0.15, 0.2) is 6.20 Å². The van der Waals surface area contributed by atoms with Crippen molar-refractivity contribution < 1.29 is 19.4 Å². The predicted molar refractivity (Wildman–Crippen MR) is 72.8 cm³/mol. The minimum absolute atomic E-state index is 0.0395. The van der Waals surface area contributed by atoms with Crippen molar-refractivity contribution in [2.45, 2.75) is 45.9 Å². The molecule has 0 spiro atoms. The summed E-state index contributed by atoms with van der Waals surface area (Å²) in [5.74, 6) is -1.18. The van der Waals surface area contributed by atoms with Crippen LogP contribution in [0.3, 0.4) is 0 Å². The van der Waals surface area contributed by atoms with Crippen LogP contribution >= 0.6 is 11.6 Å². The van der Waals surface area contributed by atoms with Crippen LogP contribution in [-0.4, -0.2) is 38.6 Å². The van der Waals surface area contributed by atoms with Gasteiger partial charge in [0.2, 0.25) is 0 Å². The van der Waals surface area contributed by atoms with E-state index in [0.29, 0.717) is 10.7 Å². The minimum atomic E-state index is -1.18. The molecular formula is C12H18ClN3O4. The maximum Gasteiger partial charge on any atom is 0.408 e. The molecule has 0 fully saturated rings. The third-order valence-electron chi connectivity index (χ3n) is 2.25. The molecular weight excluding hydrogens is 286 g/mol. The molecule has 1 aromatic rings. The van der Waals surface area contributed by atoms with Gasteiger partial charge in [-0.3, -0.25) is 4.68 Å². The second kappa shape index (κ2) is 6.13. The highest BCUT2D eigenvalue weighted by Gasteiger charge is 2.24. The van der Waals surface area contributed by atoms with E-state index in [2.05, 4.69) is 10.4 Å². The Morgan fingerprint density at radius 3 is 2.55 bits per heavy atom. The number of hydrogen-bond acceptors (Lipinski definition) is 4. The van der Waals surface area contributed by atoms with Crippen LogP contribution in [0.25, 0.3) is 0 Å². The summed E-state index contributed by atoms with van der Waals surface area (Å²) in [5.41, 5.74) is -0.105. The van der Waals surface area contributed by atoms with Crippen LogP contribution in [0.5, 0.6) is 0 Å². The van der Waals surface area contributed by atoms with E-state index >= 15 is 0 Å². The van der Waals surface area contributed by atoms with Crippen molar-refractivity contribution in [3.05, 3.63) is 16.9 Å². The summed E-state index contributed by atoms with van der Waals surface area (Å²) in [4.78, 5) is 22.7. The van der Waals surface area contributed by atoms with Crippen molar-refractivity contribution in [2.24, 2.45) is 0 Å². The molecule has 8 heteroatoms. The fourth-order valence-corrected chi connectivity index (χ4v) is 1.56. The molecule has 0 aromatic carbocycles. The van der Waals surface area contributed by atoms with Gasteiger partial charge in [-0.1, -0.05) is 11.6 Å². The Hall–Kier alpha value is -1.76. The lowest BCUT2D eigenvalue weighted by atomic mass is 10.2. The number of alkyl carbamates (subject to hydrolysis) is 1. The normalized spacial score (nSPS) is 12.8. The molecule has 1 heterocycles. The third-order valence-corrected chi connectivity index (χ3v) is 2.62. The molecule has 1 amide bonds. The van der Waals surface area contributed by atoms with Crippen LogP contribution in [0.1, 0.15) is 26.5 Å². The number of nitrogens with one attached hydrogen (secondary N) is 1. The number of aliphatic carboxylic acids is 1. The van der Waals surface area contributed by atoms with Crippen molar-refractivity contribution in [3.63, 3.8) is 0 Å². The van der Waals surface area contributed by atoms with Crippen LogP contribution in [0.2, 0.25) is 5.02 Å². The van der Waals surface area contributed by atoms with E-state index in [1.54, 1.807) is 27.7 Å². The van der Waals surface area contributed by atoms with Crippen LogP contribution in [0, 0.1) is 6.92 Å². The van der Waals surface area contributed by atoms with Gasteiger partial charge < -0.3 is 15.2 Å². The first-order valence-electron chi connectivity index (χ1n) is 6.00. The number of carboxylic acids is 1. The Morgan fingerprint density at radius 2 is 2.15 bits per heavy atom. The number of nitrogens with zero attached hydrogens (tertiary/aromatic N) is 2. The summed E-state index contributed by atoms with van der Waals surface area (Å²) in [7, 11) is 0. The van der Waals surface area contributed by atoms with E-state index in [1.807, 2.05) is 0 Å². The first kappa shape index (κ1) is 16.3. The highest BCUT2D eigenvalue weighted by molar-refractivity contribution is 6.31. The Labute approximate surface area is 121 Å². The van der Waals surface area contributed by atoms with Crippen molar-refractivity contribution in [2.75, 3.05) is 0 Å². The van der Waals surface area contributed by atoms with Crippen molar-refractivity contribution in [1.82, 2.24) is 15.1 Å². The zero-order chi connectivity index (χ0) is 15.5. The monoisotopic (exact) mass is 303 g/mol. The van der Waals surface area contributed by atoms with Gasteiger partial charge in [0.1, 0.15) is 11.6 Å². The summed E-state index contributed by atoms with van der Waals surface area (Å²) in [6, 6.07) is -1.15. The van der Waals surface area contributed by atoms with Gasteiger partial charge in [0, 0.05) is 6.20 Å². The van der Waals surface area contributed by atoms with E-state index in [-0.39, 0.29) is 6.54 Å². The lowest BCUT2D eigenvalue weighted by Crippen LogP contribution is -2.45. The predicted octanol–water partition coefficient (Wildman–Crippen LogP) is 1.82. The number of aromatic nitrogens is 2. The molecule has 0 saturated heterocycles. The van der Waals surface area contributed by atoms with Gasteiger partial charge in [-0.05, 0) is 27.7 Å². The summed E-state index contributed by atoms with van der Waals surface area (Å²) < 4.78 is 6.38. The van der Waals surface area contributed by atoms with Gasteiger partial charge in [-0.25, -0.2) is 9.59 Å². The molecule has 2 N–H and O–H groups in total. The van der Waals surface area contributed by atoms with E-state index in [4.69, 9.17) is 21.4 Å². The molecule has 1 unspecified atom stereocenters. The van der Waals surface area contributed by atoms with Crippen LogP contribution in [0.4, 0.5) is 4.79 Å². The number of carboxylic acid groups (broad SMARTS) is 1. The number of carbonyl (C=O) groups excluding carboxylic acids is 1. The summed E-state index contributed by atoms with van der Waals surface area (Å²) in [5, 5.41) is 15.9. The maximum atomic E-state index is 11.6. The van der Waals surface area contributed by atoms with Gasteiger partial charge in [0.25, 0.3) is 0 Å². The number of carbonyl (C=O) groups is 2. The number of hydrogen-bond donors (Lipinski definition) is 2. The summed E-state index contributed by atoms with van der Waals surface area (Å²) in [6.45, 7) is 6.75. The number of ether oxygens (including phenoxy) is 1. The Balaban J connectivity index is 2.70. The molecule has 112 valence electrons. The zero-order valence-electron chi connectivity index (χ0n) is 11.8. The molecule has 0 aliphatic carbocycles. The van der Waals surface area contributed by atoms with E-state index < -0.39 is 23.7 Å². The van der Waals surface area contributed by atoms with Crippen molar-refractivity contribution in [3.8, 4) is 0 Å². The quantitative estimate of drug-likeness (QED) is 0.885. The average Bonchev–Trinajstić information content (AvgIpc) is 2.54. The third kappa shape index (κ3) is 5.08. The molecule has 1 aromatic heterocycles. The van der Waals surface area contributed by atoms with Gasteiger partial charge in [0.05, 0.1) is 17.3 Å². The molecule has 1 atom stereocenters. The fourth-order valence-electron chi connectivity index (χ4n) is 1.41. The molecule has 0 saturated carbocycles. The van der Waals surface area contributed by atoms with Gasteiger partial charge in [-0.15, -0.1) is 0 Å². The standard InChI is InChI=1S/C12H18ClN3O4/c1-7-8(13)5-16(15-7)6-9(10(17)18)14-11(19)20-12(2,3)4/h5,9H,6H2,1-4H3,(H,14,19)(H,17,18). The lowest BCUT2D eigenvalue weighted by Gasteiger charge is -2.21. The van der Waals surface area contributed by atoms with E-state index in [0.717, 1.165) is 0 Å². The smallest absolute Gasteiger partial charge is 0.408 e. The van der Waals surface area contributed by atoms with E-state index in [1.165, 1.54) is 10.9 Å². The highest BCUT2D eigenvalue weighted by atomic mass is 35.5. The van der Waals surface area contributed by atoms with E-state index in [9.17, 15) is 9.59 Å². The van der Waals surface area contributed by atoms with Gasteiger partial charge >= 0.3 is 12.1 Å². The molecule has 0 aliphatic rings. The van der Waals surface area contributed by atoms with Crippen LogP contribution < -0.4 is 5.32 Å². The maximum absolute atomic E-state index is 11.6. The second-order valence-corrected chi connectivity index (χ2v) is 5.73.